The van der Waals surface area contributed by atoms with Gasteiger partial charge in [0, 0.05) is 28.7 Å². The molecule has 8 heteroatoms. The van der Waals surface area contributed by atoms with E-state index in [1.165, 1.54) is 23.9 Å². The number of aryl methyl sites for hydroxylation is 3. The van der Waals surface area contributed by atoms with Crippen molar-refractivity contribution in [3.8, 4) is 0 Å². The molecule has 1 aliphatic heterocycles. The molecule has 0 aromatic heterocycles. The maximum atomic E-state index is 12.9. The van der Waals surface area contributed by atoms with Crippen molar-refractivity contribution in [2.75, 3.05) is 22.1 Å². The number of benzene rings is 2. The van der Waals surface area contributed by atoms with Gasteiger partial charge in [-0.2, -0.15) is 0 Å². The zero-order valence-corrected chi connectivity index (χ0v) is 19.2. The Morgan fingerprint density at radius 3 is 2.50 bits per heavy atom. The van der Waals surface area contributed by atoms with Gasteiger partial charge in [0.05, 0.1) is 16.3 Å². The summed E-state index contributed by atoms with van der Waals surface area (Å²) in [5, 5.41) is 5.64. The number of rotatable bonds is 5. The molecule has 6 nitrogen and oxygen atoms in total. The van der Waals surface area contributed by atoms with Crippen molar-refractivity contribution in [2.24, 2.45) is 5.92 Å². The molecule has 3 rings (SSSR count). The van der Waals surface area contributed by atoms with Crippen LogP contribution in [0.4, 0.5) is 11.4 Å². The van der Waals surface area contributed by atoms with Crippen molar-refractivity contribution < 1.29 is 18.0 Å². The van der Waals surface area contributed by atoms with Crippen molar-refractivity contribution in [2.45, 2.75) is 43.9 Å². The standard InChI is InChI=1S/C22H26N2O4S2/c1-13-9-14(2)21(15(3)10-13)24-22(26)16(4)12-30(27,28)17-5-6-19-18(11-17)23-20(25)7-8-29-19/h5-6,9-11,16H,7-8,12H2,1-4H3,(H,23,25)(H,24,26)/t16-/m0/s1. The van der Waals surface area contributed by atoms with E-state index in [1.807, 2.05) is 32.9 Å². The van der Waals surface area contributed by atoms with Gasteiger partial charge in [-0.25, -0.2) is 8.42 Å². The third-order valence-corrected chi connectivity index (χ3v) is 8.00. The zero-order chi connectivity index (χ0) is 22.1. The van der Waals surface area contributed by atoms with Gasteiger partial charge < -0.3 is 10.6 Å². The van der Waals surface area contributed by atoms with Gasteiger partial charge >= 0.3 is 0 Å². The van der Waals surface area contributed by atoms with E-state index in [1.54, 1.807) is 13.0 Å². The Balaban J connectivity index is 1.77. The fraction of sp³-hybridized carbons (Fsp3) is 0.364. The molecular formula is C22H26N2O4S2. The molecule has 0 saturated carbocycles. The van der Waals surface area contributed by atoms with Crippen LogP contribution >= 0.6 is 11.8 Å². The summed E-state index contributed by atoms with van der Waals surface area (Å²) in [6, 6.07) is 8.69. The number of fused-ring (bicyclic) bond motifs is 1. The maximum Gasteiger partial charge on any atom is 0.228 e. The zero-order valence-electron chi connectivity index (χ0n) is 17.5. The van der Waals surface area contributed by atoms with Gasteiger partial charge in [-0.05, 0) is 50.1 Å². The van der Waals surface area contributed by atoms with E-state index in [-0.39, 0.29) is 22.5 Å². The van der Waals surface area contributed by atoms with Crippen LogP contribution in [0, 0.1) is 26.7 Å². The largest absolute Gasteiger partial charge is 0.325 e. The minimum absolute atomic E-state index is 0.103. The lowest BCUT2D eigenvalue weighted by Gasteiger charge is -2.17. The predicted molar refractivity (Wildman–Crippen MR) is 121 cm³/mol. The van der Waals surface area contributed by atoms with Crippen LogP contribution in [0.2, 0.25) is 0 Å². The summed E-state index contributed by atoms with van der Waals surface area (Å²) in [5.41, 5.74) is 4.21. The normalized spacial score (nSPS) is 15.0. The maximum absolute atomic E-state index is 12.9. The Kier molecular flexibility index (Phi) is 6.57. The van der Waals surface area contributed by atoms with Crippen molar-refractivity contribution in [1.82, 2.24) is 0 Å². The van der Waals surface area contributed by atoms with Crippen LogP contribution in [0.1, 0.15) is 30.0 Å². The number of sulfone groups is 1. The first-order valence-electron chi connectivity index (χ1n) is 9.75. The Labute approximate surface area is 181 Å². The van der Waals surface area contributed by atoms with Gasteiger partial charge in [-0.3, -0.25) is 9.59 Å². The quantitative estimate of drug-likeness (QED) is 0.722. The lowest BCUT2D eigenvalue weighted by atomic mass is 10.0. The van der Waals surface area contributed by atoms with Crippen LogP contribution < -0.4 is 10.6 Å². The van der Waals surface area contributed by atoms with Gasteiger partial charge in [-0.15, -0.1) is 11.8 Å². The molecule has 1 aliphatic rings. The molecule has 2 aromatic carbocycles. The number of hydrogen-bond acceptors (Lipinski definition) is 5. The number of anilines is 2. The molecule has 1 atom stereocenters. The fourth-order valence-corrected chi connectivity index (χ4v) is 6.03. The van der Waals surface area contributed by atoms with Crippen molar-refractivity contribution in [3.05, 3.63) is 47.0 Å². The highest BCUT2D eigenvalue weighted by atomic mass is 32.2. The van der Waals surface area contributed by atoms with Gasteiger partial charge in [-0.1, -0.05) is 24.6 Å². The van der Waals surface area contributed by atoms with Crippen LogP contribution in [0.15, 0.2) is 40.1 Å². The molecule has 160 valence electrons. The molecule has 0 saturated heterocycles. The summed E-state index contributed by atoms with van der Waals surface area (Å²) < 4.78 is 25.9. The molecular weight excluding hydrogens is 420 g/mol. The van der Waals surface area contributed by atoms with Gasteiger partial charge in [0.25, 0.3) is 0 Å². The second-order valence-corrected chi connectivity index (χ2v) is 10.9. The molecule has 0 unspecified atom stereocenters. The van der Waals surface area contributed by atoms with Gasteiger partial charge in [0.1, 0.15) is 0 Å². The van der Waals surface area contributed by atoms with E-state index in [4.69, 9.17) is 0 Å². The molecule has 0 spiro atoms. The highest BCUT2D eigenvalue weighted by Gasteiger charge is 2.25. The molecule has 2 aromatic rings. The fourth-order valence-electron chi connectivity index (χ4n) is 3.52. The minimum atomic E-state index is -3.71. The van der Waals surface area contributed by atoms with Crippen molar-refractivity contribution in [3.63, 3.8) is 0 Å². The molecule has 0 aliphatic carbocycles. The summed E-state index contributed by atoms with van der Waals surface area (Å²) in [5.74, 6) is -0.875. The van der Waals surface area contributed by atoms with E-state index >= 15 is 0 Å². The number of carbonyl (C=O) groups is 2. The molecule has 1 heterocycles. The molecule has 0 bridgehead atoms. The van der Waals surface area contributed by atoms with Crippen molar-refractivity contribution >= 4 is 44.8 Å². The summed E-state index contributed by atoms with van der Waals surface area (Å²) in [6.07, 6.45) is 0.385. The summed E-state index contributed by atoms with van der Waals surface area (Å²) in [7, 11) is -3.71. The molecule has 2 amide bonds. The number of hydrogen-bond donors (Lipinski definition) is 2. The van der Waals surface area contributed by atoms with Gasteiger partial charge in [0.15, 0.2) is 9.84 Å². The Hall–Kier alpha value is -2.32. The topological polar surface area (TPSA) is 92.3 Å². The lowest BCUT2D eigenvalue weighted by Crippen LogP contribution is -2.27. The Bertz CT molecular complexity index is 1090. The van der Waals surface area contributed by atoms with E-state index in [2.05, 4.69) is 10.6 Å². The smallest absolute Gasteiger partial charge is 0.228 e. The van der Waals surface area contributed by atoms with Gasteiger partial charge in [0.2, 0.25) is 11.8 Å². The van der Waals surface area contributed by atoms with E-state index in [0.29, 0.717) is 17.9 Å². The van der Waals surface area contributed by atoms with Crippen LogP contribution in [0.3, 0.4) is 0 Å². The van der Waals surface area contributed by atoms with Crippen LogP contribution in [-0.2, 0) is 19.4 Å². The number of amides is 2. The first kappa shape index (κ1) is 22.4. The average molecular weight is 447 g/mol. The van der Waals surface area contributed by atoms with Crippen molar-refractivity contribution in [1.29, 1.82) is 0 Å². The molecule has 0 fully saturated rings. The third-order valence-electron chi connectivity index (χ3n) is 5.01. The number of thioether (sulfide) groups is 1. The lowest BCUT2D eigenvalue weighted by molar-refractivity contribution is -0.119. The second kappa shape index (κ2) is 8.81. The monoisotopic (exact) mass is 446 g/mol. The van der Waals surface area contributed by atoms with Crippen LogP contribution in [-0.4, -0.2) is 31.7 Å². The molecule has 0 radical (unpaired) electrons. The SMILES string of the molecule is Cc1cc(C)c(NC(=O)[C@@H](C)CS(=O)(=O)c2ccc3c(c2)NC(=O)CCS3)c(C)c1. The Morgan fingerprint density at radius 2 is 1.83 bits per heavy atom. The highest BCUT2D eigenvalue weighted by Crippen LogP contribution is 2.33. The van der Waals surface area contributed by atoms with Crippen LogP contribution in [0.5, 0.6) is 0 Å². The molecule has 2 N–H and O–H groups in total. The minimum Gasteiger partial charge on any atom is -0.325 e. The Morgan fingerprint density at radius 1 is 1.17 bits per heavy atom. The first-order valence-corrected chi connectivity index (χ1v) is 12.4. The third kappa shape index (κ3) is 5.05. The second-order valence-electron chi connectivity index (χ2n) is 7.75. The van der Waals surface area contributed by atoms with E-state index in [9.17, 15) is 18.0 Å². The first-order chi connectivity index (χ1) is 14.1. The summed E-state index contributed by atoms with van der Waals surface area (Å²) in [6.45, 7) is 7.42. The van der Waals surface area contributed by atoms with Crippen LogP contribution in [0.25, 0.3) is 0 Å². The molecule has 30 heavy (non-hydrogen) atoms. The van der Waals surface area contributed by atoms with E-state index in [0.717, 1.165) is 27.3 Å². The number of carbonyl (C=O) groups excluding carboxylic acids is 2. The number of nitrogens with one attached hydrogen (secondary N) is 2. The predicted octanol–water partition coefficient (Wildman–Crippen LogP) is 4.09. The summed E-state index contributed by atoms with van der Waals surface area (Å²) >= 11 is 1.51. The highest BCUT2D eigenvalue weighted by molar-refractivity contribution is 7.99. The average Bonchev–Trinajstić information content (AvgIpc) is 2.83. The van der Waals surface area contributed by atoms with E-state index < -0.39 is 15.8 Å². The summed E-state index contributed by atoms with van der Waals surface area (Å²) in [4.78, 5) is 25.4.